The summed E-state index contributed by atoms with van der Waals surface area (Å²) >= 11 is 6.45. The Morgan fingerprint density at radius 3 is 2.68 bits per heavy atom. The molecule has 0 radical (unpaired) electrons. The van der Waals surface area contributed by atoms with E-state index in [1.54, 1.807) is 0 Å². The summed E-state index contributed by atoms with van der Waals surface area (Å²) in [6.45, 7) is 9.28. The third-order valence-corrected chi connectivity index (χ3v) is 6.24. The summed E-state index contributed by atoms with van der Waals surface area (Å²) in [5, 5.41) is 10.0. The maximum atomic E-state index is 9.66. The van der Waals surface area contributed by atoms with Gasteiger partial charge in [-0.25, -0.2) is 4.98 Å². The topological polar surface area (TPSA) is 43.2 Å². The zero-order valence-electron chi connectivity index (χ0n) is 16.7. The van der Waals surface area contributed by atoms with Gasteiger partial charge in [-0.1, -0.05) is 55.8 Å². The summed E-state index contributed by atoms with van der Waals surface area (Å²) in [6, 6.07) is 12.9. The number of rotatable bonds is 3. The Morgan fingerprint density at radius 2 is 1.96 bits per heavy atom. The van der Waals surface area contributed by atoms with Crippen molar-refractivity contribution in [1.82, 2.24) is 9.88 Å². The highest BCUT2D eigenvalue weighted by Crippen LogP contribution is 2.37. The van der Waals surface area contributed by atoms with Crippen LogP contribution in [0, 0.1) is 16.7 Å². The van der Waals surface area contributed by atoms with Gasteiger partial charge >= 0.3 is 0 Å². The summed E-state index contributed by atoms with van der Waals surface area (Å²) in [6.07, 6.45) is 3.24. The van der Waals surface area contributed by atoms with E-state index < -0.39 is 0 Å². The van der Waals surface area contributed by atoms with Crippen LogP contribution >= 0.6 is 11.6 Å². The minimum atomic E-state index is 0.269. The number of anilines is 1. The molecule has 1 fully saturated rings. The summed E-state index contributed by atoms with van der Waals surface area (Å²) in [4.78, 5) is 9.57. The van der Waals surface area contributed by atoms with Crippen molar-refractivity contribution in [1.29, 1.82) is 5.26 Å². The second-order valence-electron chi connectivity index (χ2n) is 8.81. The van der Waals surface area contributed by atoms with Gasteiger partial charge in [-0.2, -0.15) is 5.26 Å². The van der Waals surface area contributed by atoms with E-state index >= 15 is 0 Å². The molecule has 2 aliphatic heterocycles. The van der Waals surface area contributed by atoms with Crippen LogP contribution in [0.25, 0.3) is 0 Å². The molecule has 0 aliphatic carbocycles. The summed E-state index contributed by atoms with van der Waals surface area (Å²) < 4.78 is 0. The fourth-order valence-corrected chi connectivity index (χ4v) is 4.83. The van der Waals surface area contributed by atoms with Gasteiger partial charge in [-0.15, -0.1) is 0 Å². The molecule has 4 rings (SSSR count). The van der Waals surface area contributed by atoms with Crippen molar-refractivity contribution in [2.75, 3.05) is 24.5 Å². The maximum absolute atomic E-state index is 9.66. The van der Waals surface area contributed by atoms with E-state index in [0.717, 1.165) is 56.9 Å². The quantitative estimate of drug-likeness (QED) is 0.702. The molecule has 1 aromatic carbocycles. The number of hydrogen-bond acceptors (Lipinski definition) is 4. The molecule has 0 N–H and O–H groups in total. The minimum Gasteiger partial charge on any atom is -0.356 e. The number of piperidine rings is 1. The van der Waals surface area contributed by atoms with Crippen molar-refractivity contribution in [3.63, 3.8) is 0 Å². The molecule has 0 amide bonds. The fourth-order valence-electron chi connectivity index (χ4n) is 4.60. The van der Waals surface area contributed by atoms with Crippen LogP contribution < -0.4 is 4.90 Å². The van der Waals surface area contributed by atoms with Crippen LogP contribution in [-0.4, -0.2) is 29.5 Å². The van der Waals surface area contributed by atoms with Crippen LogP contribution in [0.1, 0.15) is 48.9 Å². The predicted molar refractivity (Wildman–Crippen MR) is 113 cm³/mol. The predicted octanol–water partition coefficient (Wildman–Crippen LogP) is 4.79. The summed E-state index contributed by atoms with van der Waals surface area (Å²) in [7, 11) is 0. The minimum absolute atomic E-state index is 0.269. The van der Waals surface area contributed by atoms with Crippen LogP contribution in [0.15, 0.2) is 30.3 Å². The Balaban J connectivity index is 1.69. The third kappa shape index (κ3) is 3.87. The molecular weight excluding hydrogens is 368 g/mol. The number of pyridine rings is 1. The third-order valence-electron chi connectivity index (χ3n) is 5.97. The Labute approximate surface area is 172 Å². The number of nitrogens with zero attached hydrogens (tertiary/aromatic N) is 4. The van der Waals surface area contributed by atoms with Gasteiger partial charge < -0.3 is 4.90 Å². The van der Waals surface area contributed by atoms with E-state index in [1.807, 2.05) is 0 Å². The molecule has 1 aromatic heterocycles. The second-order valence-corrected chi connectivity index (χ2v) is 9.16. The summed E-state index contributed by atoms with van der Waals surface area (Å²) in [5.74, 6) is 0.990. The maximum Gasteiger partial charge on any atom is 0.149 e. The Morgan fingerprint density at radius 1 is 1.18 bits per heavy atom. The van der Waals surface area contributed by atoms with Crippen molar-refractivity contribution in [2.45, 2.75) is 46.2 Å². The number of hydrogen-bond donors (Lipinski definition) is 0. The van der Waals surface area contributed by atoms with E-state index in [1.165, 1.54) is 17.5 Å². The zero-order chi connectivity index (χ0) is 19.7. The van der Waals surface area contributed by atoms with Crippen molar-refractivity contribution in [2.24, 2.45) is 5.41 Å². The zero-order valence-corrected chi connectivity index (χ0v) is 17.5. The largest absolute Gasteiger partial charge is 0.356 e. The molecule has 146 valence electrons. The lowest BCUT2D eigenvalue weighted by Gasteiger charge is -2.41. The fraction of sp³-hybridized carbons (Fsp3) is 0.478. The van der Waals surface area contributed by atoms with Gasteiger partial charge in [0.2, 0.25) is 0 Å². The molecule has 2 aromatic rings. The van der Waals surface area contributed by atoms with Crippen molar-refractivity contribution >= 4 is 17.4 Å². The number of fused-ring (bicyclic) bond motifs is 1. The first-order valence-electron chi connectivity index (χ1n) is 10.1. The molecular formula is C23H27ClN4. The van der Waals surface area contributed by atoms with Gasteiger partial charge in [0.25, 0.3) is 0 Å². The van der Waals surface area contributed by atoms with Crippen LogP contribution in [0.2, 0.25) is 5.15 Å². The van der Waals surface area contributed by atoms with E-state index in [9.17, 15) is 5.26 Å². The monoisotopic (exact) mass is 394 g/mol. The SMILES string of the molecule is CC1(C)CCCN(c2nc(Cl)c(C#N)c3c2CN(Cc2ccccc2)CC3)C1. The van der Waals surface area contributed by atoms with Gasteiger partial charge in [0, 0.05) is 38.3 Å². The highest BCUT2D eigenvalue weighted by atomic mass is 35.5. The molecule has 0 saturated carbocycles. The van der Waals surface area contributed by atoms with Gasteiger partial charge in [-0.3, -0.25) is 4.90 Å². The average Bonchev–Trinajstić information content (AvgIpc) is 2.67. The van der Waals surface area contributed by atoms with Gasteiger partial charge in [0.1, 0.15) is 17.0 Å². The Hall–Kier alpha value is -2.09. The lowest BCUT2D eigenvalue weighted by atomic mass is 9.84. The number of nitriles is 1. The van der Waals surface area contributed by atoms with Gasteiger partial charge in [0.05, 0.1) is 5.56 Å². The summed E-state index contributed by atoms with van der Waals surface area (Å²) in [5.41, 5.74) is 4.45. The molecule has 0 spiro atoms. The van der Waals surface area contributed by atoms with E-state index in [4.69, 9.17) is 16.6 Å². The molecule has 2 aliphatic rings. The first-order valence-corrected chi connectivity index (χ1v) is 10.5. The molecule has 1 saturated heterocycles. The highest BCUT2D eigenvalue weighted by molar-refractivity contribution is 6.30. The molecule has 4 nitrogen and oxygen atoms in total. The Bertz CT molecular complexity index is 901. The van der Waals surface area contributed by atoms with Crippen LogP contribution in [-0.2, 0) is 19.5 Å². The van der Waals surface area contributed by atoms with Crippen molar-refractivity contribution in [3.8, 4) is 6.07 Å². The molecule has 5 heteroatoms. The smallest absolute Gasteiger partial charge is 0.149 e. The number of benzene rings is 1. The lowest BCUT2D eigenvalue weighted by Crippen LogP contribution is -2.42. The second kappa shape index (κ2) is 7.73. The van der Waals surface area contributed by atoms with E-state index in [0.29, 0.717) is 10.7 Å². The van der Waals surface area contributed by atoms with Crippen LogP contribution in [0.4, 0.5) is 5.82 Å². The molecule has 0 bridgehead atoms. The standard InChI is InChI=1S/C23H27ClN4/c1-23(2)10-6-11-28(16-23)22-20-15-27(14-17-7-4-3-5-8-17)12-9-18(20)19(13-25)21(24)26-22/h3-5,7-8H,6,9-12,14-16H2,1-2H3. The number of halogens is 1. The van der Waals surface area contributed by atoms with Crippen LogP contribution in [0.3, 0.4) is 0 Å². The van der Waals surface area contributed by atoms with E-state index in [2.05, 4.69) is 60.0 Å². The number of aromatic nitrogens is 1. The Kier molecular flexibility index (Phi) is 5.31. The average molecular weight is 395 g/mol. The first kappa shape index (κ1) is 19.2. The normalized spacial score (nSPS) is 19.1. The molecule has 0 unspecified atom stereocenters. The molecule has 28 heavy (non-hydrogen) atoms. The first-order chi connectivity index (χ1) is 13.5. The van der Waals surface area contributed by atoms with Crippen molar-refractivity contribution in [3.05, 3.63) is 57.7 Å². The lowest BCUT2D eigenvalue weighted by molar-refractivity contribution is 0.243. The van der Waals surface area contributed by atoms with Gasteiger partial charge in [0.15, 0.2) is 0 Å². The van der Waals surface area contributed by atoms with E-state index in [-0.39, 0.29) is 5.41 Å². The van der Waals surface area contributed by atoms with Gasteiger partial charge in [-0.05, 0) is 35.8 Å². The molecule has 3 heterocycles. The van der Waals surface area contributed by atoms with Crippen molar-refractivity contribution < 1.29 is 0 Å². The van der Waals surface area contributed by atoms with Crippen LogP contribution in [0.5, 0.6) is 0 Å². The highest BCUT2D eigenvalue weighted by Gasteiger charge is 2.32. The molecule has 0 atom stereocenters.